The summed E-state index contributed by atoms with van der Waals surface area (Å²) in [6.45, 7) is 3.71. The van der Waals surface area contributed by atoms with Crippen LogP contribution in [0.25, 0.3) is 0 Å². The molecule has 3 atom stereocenters. The van der Waals surface area contributed by atoms with Gasteiger partial charge in [-0.3, -0.25) is 14.2 Å². The van der Waals surface area contributed by atoms with E-state index in [1.807, 2.05) is 34.1 Å². The van der Waals surface area contributed by atoms with Crippen LogP contribution in [0.5, 0.6) is 0 Å². The number of quaternary nitrogens is 1. The van der Waals surface area contributed by atoms with Crippen LogP contribution in [0.3, 0.4) is 0 Å². The molecule has 0 amide bonds. The van der Waals surface area contributed by atoms with Gasteiger partial charge in [-0.2, -0.15) is 0 Å². The monoisotopic (exact) mass is 908 g/mol. The maximum Gasteiger partial charge on any atom is 0.306 e. The summed E-state index contributed by atoms with van der Waals surface area (Å²) in [5.41, 5.74) is 0. The Morgan fingerprint density at radius 1 is 0.571 bits per heavy atom. The molecule has 0 saturated heterocycles. The number of rotatable bonds is 45. The van der Waals surface area contributed by atoms with E-state index in [2.05, 4.69) is 61.6 Å². The Bertz CT molecular complexity index is 1270. The molecule has 0 bridgehead atoms. The number of aliphatic hydroxyl groups excluding tert-OH is 1. The van der Waals surface area contributed by atoms with Crippen molar-refractivity contribution < 1.29 is 47.2 Å². The van der Waals surface area contributed by atoms with Crippen molar-refractivity contribution in [2.75, 3.05) is 47.5 Å². The molecule has 1 unspecified atom stereocenters. The number of aliphatic hydroxyl groups is 1. The molecule has 0 rings (SSSR count). The molecule has 0 fully saturated rings. The molecule has 0 aromatic rings. The minimum absolute atomic E-state index is 0.0465. The molecule has 0 radical (unpaired) electrons. The highest BCUT2D eigenvalue weighted by molar-refractivity contribution is 7.45. The molecule has 63 heavy (non-hydrogen) atoms. The standard InChI is InChI=1S/C52H94NO9P/c1-6-7-8-9-10-11-12-13-14-15-16-17-18-19-22-26-29-32-35-38-41-44-52(56)62-50(48-61-63(57,58)60-46-45-53(3,4)5)47-59-51(55)43-40-37-34-31-28-25-23-20-21-24-27-30-33-36-39-42-49(2)54/h13-14,21,23-25,30-31,33-34,49-50,54H,6-12,15-20,22,26-29,32,35-48H2,1-5H3/b14-13-,24-21-,25-23-,33-30-,34-31-/t49-,50-/m1/s1. The molecule has 11 heteroatoms. The fourth-order valence-corrected chi connectivity index (χ4v) is 7.33. The first kappa shape index (κ1) is 60.7. The zero-order chi connectivity index (χ0) is 46.5. The van der Waals surface area contributed by atoms with Crippen LogP contribution in [0, 0.1) is 0 Å². The van der Waals surface area contributed by atoms with Gasteiger partial charge in [0.1, 0.15) is 19.8 Å². The molecular formula is C52H94NO9P. The second-order valence-electron chi connectivity index (χ2n) is 18.1. The van der Waals surface area contributed by atoms with Crippen LogP contribution in [0.1, 0.15) is 200 Å². The van der Waals surface area contributed by atoms with E-state index in [4.69, 9.17) is 18.5 Å². The number of esters is 2. The predicted molar refractivity (Wildman–Crippen MR) is 260 cm³/mol. The molecule has 0 aliphatic carbocycles. The molecule has 366 valence electrons. The number of hydrogen-bond donors (Lipinski definition) is 1. The van der Waals surface area contributed by atoms with Crippen molar-refractivity contribution in [3.05, 3.63) is 60.8 Å². The summed E-state index contributed by atoms with van der Waals surface area (Å²) in [7, 11) is 1.11. The third-order valence-electron chi connectivity index (χ3n) is 10.5. The van der Waals surface area contributed by atoms with Crippen molar-refractivity contribution in [3.8, 4) is 0 Å². The summed E-state index contributed by atoms with van der Waals surface area (Å²) in [6, 6.07) is 0. The van der Waals surface area contributed by atoms with Crippen molar-refractivity contribution in [3.63, 3.8) is 0 Å². The normalized spacial score (nSPS) is 14.5. The van der Waals surface area contributed by atoms with Gasteiger partial charge < -0.3 is 33.0 Å². The van der Waals surface area contributed by atoms with Crippen molar-refractivity contribution in [1.82, 2.24) is 0 Å². The number of likely N-dealkylation sites (N-methyl/N-ethyl adjacent to an activating group) is 1. The molecule has 1 N–H and O–H groups in total. The summed E-state index contributed by atoms with van der Waals surface area (Å²) in [6.07, 6.45) is 51.0. The highest BCUT2D eigenvalue weighted by atomic mass is 31.2. The minimum atomic E-state index is -4.65. The molecular weight excluding hydrogens is 814 g/mol. The summed E-state index contributed by atoms with van der Waals surface area (Å²) in [5, 5.41) is 9.29. The Morgan fingerprint density at radius 2 is 1.00 bits per heavy atom. The van der Waals surface area contributed by atoms with Crippen molar-refractivity contribution in [2.24, 2.45) is 0 Å². The summed E-state index contributed by atoms with van der Waals surface area (Å²) < 4.78 is 33.9. The molecule has 0 spiro atoms. The van der Waals surface area contributed by atoms with Gasteiger partial charge in [-0.05, 0) is 90.4 Å². The van der Waals surface area contributed by atoms with E-state index in [1.165, 1.54) is 96.3 Å². The lowest BCUT2D eigenvalue weighted by Gasteiger charge is -2.28. The molecule has 0 heterocycles. The van der Waals surface area contributed by atoms with Crippen LogP contribution in [-0.2, 0) is 32.7 Å². The van der Waals surface area contributed by atoms with E-state index in [-0.39, 0.29) is 32.2 Å². The molecule has 0 aliphatic heterocycles. The van der Waals surface area contributed by atoms with Crippen LogP contribution in [0.2, 0.25) is 0 Å². The van der Waals surface area contributed by atoms with E-state index < -0.39 is 32.5 Å². The van der Waals surface area contributed by atoms with Crippen LogP contribution >= 0.6 is 7.82 Å². The third-order valence-corrected chi connectivity index (χ3v) is 11.5. The first-order chi connectivity index (χ1) is 30.3. The highest BCUT2D eigenvalue weighted by Gasteiger charge is 2.21. The molecule has 0 aliphatic rings. The van der Waals surface area contributed by atoms with Gasteiger partial charge in [-0.1, -0.05) is 158 Å². The first-order valence-corrected chi connectivity index (χ1v) is 26.5. The van der Waals surface area contributed by atoms with Crippen LogP contribution < -0.4 is 4.89 Å². The number of nitrogens with zero attached hydrogens (tertiary/aromatic N) is 1. The molecule has 0 aromatic heterocycles. The maximum atomic E-state index is 12.7. The molecule has 0 saturated carbocycles. The Labute approximate surface area is 386 Å². The van der Waals surface area contributed by atoms with Gasteiger partial charge in [0, 0.05) is 12.8 Å². The fourth-order valence-electron chi connectivity index (χ4n) is 6.60. The number of phosphoric ester groups is 1. The van der Waals surface area contributed by atoms with Gasteiger partial charge in [-0.15, -0.1) is 0 Å². The van der Waals surface area contributed by atoms with Crippen LogP contribution in [0.15, 0.2) is 60.8 Å². The molecule has 0 aromatic carbocycles. The number of unbranched alkanes of at least 4 members (excludes halogenated alkanes) is 19. The lowest BCUT2D eigenvalue weighted by Crippen LogP contribution is -2.37. The average molecular weight is 908 g/mol. The van der Waals surface area contributed by atoms with Gasteiger partial charge >= 0.3 is 11.9 Å². The Kier molecular flexibility index (Phi) is 41.9. The summed E-state index contributed by atoms with van der Waals surface area (Å²) in [4.78, 5) is 37.7. The SMILES string of the molecule is CCCCCCCC/C=C\CCCCCCCCCCCCCC(=O)O[C@H](COC(=O)CCC/C=C\C/C=C\C/C=C\C/C=C\CCC[C@@H](C)O)COP(=O)([O-])OCC[N+](C)(C)C. The maximum absolute atomic E-state index is 12.7. The Morgan fingerprint density at radius 3 is 1.51 bits per heavy atom. The third kappa shape index (κ3) is 49.0. The number of phosphoric acid groups is 1. The van der Waals surface area contributed by atoms with E-state index in [0.29, 0.717) is 23.9 Å². The van der Waals surface area contributed by atoms with E-state index in [0.717, 1.165) is 64.2 Å². The lowest BCUT2D eigenvalue weighted by molar-refractivity contribution is -0.870. The largest absolute Gasteiger partial charge is 0.756 e. The Balaban J connectivity index is 4.34. The zero-order valence-corrected chi connectivity index (χ0v) is 41.8. The van der Waals surface area contributed by atoms with E-state index >= 15 is 0 Å². The fraction of sp³-hybridized carbons (Fsp3) is 0.769. The van der Waals surface area contributed by atoms with Gasteiger partial charge in [-0.25, -0.2) is 0 Å². The van der Waals surface area contributed by atoms with E-state index in [9.17, 15) is 24.2 Å². The number of hydrogen-bond acceptors (Lipinski definition) is 9. The van der Waals surface area contributed by atoms with Crippen LogP contribution in [0.4, 0.5) is 0 Å². The summed E-state index contributed by atoms with van der Waals surface area (Å²) in [5.74, 6) is -0.917. The van der Waals surface area contributed by atoms with Crippen molar-refractivity contribution in [2.45, 2.75) is 212 Å². The lowest BCUT2D eigenvalue weighted by atomic mass is 10.0. The zero-order valence-electron chi connectivity index (χ0n) is 40.9. The average Bonchev–Trinajstić information content (AvgIpc) is 3.22. The second kappa shape index (κ2) is 43.6. The number of allylic oxidation sites excluding steroid dienone is 10. The van der Waals surface area contributed by atoms with Gasteiger partial charge in [0.2, 0.25) is 0 Å². The van der Waals surface area contributed by atoms with Gasteiger partial charge in [0.15, 0.2) is 6.10 Å². The quantitative estimate of drug-likeness (QED) is 0.0208. The Hall–Kier alpha value is -2.33. The van der Waals surface area contributed by atoms with Gasteiger partial charge in [0.25, 0.3) is 7.82 Å². The topological polar surface area (TPSA) is 131 Å². The van der Waals surface area contributed by atoms with Crippen molar-refractivity contribution >= 4 is 19.8 Å². The number of carbonyl (C=O) groups excluding carboxylic acids is 2. The summed E-state index contributed by atoms with van der Waals surface area (Å²) >= 11 is 0. The highest BCUT2D eigenvalue weighted by Crippen LogP contribution is 2.38. The number of carbonyl (C=O) groups is 2. The first-order valence-electron chi connectivity index (χ1n) is 25.0. The smallest absolute Gasteiger partial charge is 0.306 e. The van der Waals surface area contributed by atoms with Gasteiger partial charge in [0.05, 0.1) is 33.9 Å². The van der Waals surface area contributed by atoms with Crippen LogP contribution in [-0.4, -0.2) is 81.2 Å². The minimum Gasteiger partial charge on any atom is -0.756 e. The number of ether oxygens (including phenoxy) is 2. The van der Waals surface area contributed by atoms with E-state index in [1.54, 1.807) is 0 Å². The second-order valence-corrected chi connectivity index (χ2v) is 19.5. The molecule has 10 nitrogen and oxygen atoms in total. The van der Waals surface area contributed by atoms with Crippen molar-refractivity contribution in [1.29, 1.82) is 0 Å². The predicted octanol–water partition coefficient (Wildman–Crippen LogP) is 13.1.